The first kappa shape index (κ1) is 18.9. The van der Waals surface area contributed by atoms with Gasteiger partial charge in [-0.15, -0.1) is 0 Å². The Kier molecular flexibility index (Phi) is 5.58. The fraction of sp³-hybridized carbons (Fsp3) is 0.188. The van der Waals surface area contributed by atoms with E-state index in [4.69, 9.17) is 11.6 Å². The average molecular weight is 366 g/mol. The molecule has 3 rings (SSSR count). The van der Waals surface area contributed by atoms with E-state index in [2.05, 4.69) is 0 Å². The van der Waals surface area contributed by atoms with Gasteiger partial charge in [0.05, 0.1) is 4.90 Å². The zero-order chi connectivity index (χ0) is 16.0. The van der Waals surface area contributed by atoms with Crippen molar-refractivity contribution < 1.29 is 17.2 Å². The predicted octanol–water partition coefficient (Wildman–Crippen LogP) is 3.64. The first-order valence-corrected chi connectivity index (χ1v) is 8.50. The first-order chi connectivity index (χ1) is 10.4. The van der Waals surface area contributed by atoms with Crippen LogP contribution in [0, 0.1) is 18.1 Å². The van der Waals surface area contributed by atoms with Crippen LogP contribution in [0.5, 0.6) is 0 Å². The topological polar surface area (TPSA) is 34.1 Å². The van der Waals surface area contributed by atoms with Crippen molar-refractivity contribution in [2.45, 2.75) is 22.5 Å². The molecular weight excluding hydrogens is 353 g/mol. The number of rotatable bonds is 3. The summed E-state index contributed by atoms with van der Waals surface area (Å²) >= 11 is 5.78. The van der Waals surface area contributed by atoms with Crippen LogP contribution in [0.2, 0.25) is 5.02 Å². The SMILES string of the molecule is O=S(=O)(c1ccc(Cl)cc1)C1(c2cc(F)ccc2F)C[CH]C1.[NaH]. The standard InChI is InChI=1S/C16H12ClF2O2S.Na.H/c17-11-2-5-13(6-3-11)22(20,21)16(8-1-9-16)14-10-12(18)4-7-15(14)19;;/h1-7,10H,8-9H2;;. The van der Waals surface area contributed by atoms with Crippen molar-refractivity contribution in [2.24, 2.45) is 0 Å². The number of halogens is 3. The summed E-state index contributed by atoms with van der Waals surface area (Å²) in [5.74, 6) is -1.37. The average Bonchev–Trinajstić information content (AvgIpc) is 2.41. The minimum absolute atomic E-state index is 0. The van der Waals surface area contributed by atoms with Gasteiger partial charge in [0.2, 0.25) is 0 Å². The maximum atomic E-state index is 14.1. The van der Waals surface area contributed by atoms with Gasteiger partial charge in [-0.05, 0) is 61.7 Å². The van der Waals surface area contributed by atoms with Gasteiger partial charge in [-0.3, -0.25) is 0 Å². The van der Waals surface area contributed by atoms with Crippen LogP contribution in [0.15, 0.2) is 47.4 Å². The molecule has 117 valence electrons. The van der Waals surface area contributed by atoms with E-state index < -0.39 is 26.2 Å². The molecule has 2 aromatic rings. The maximum absolute atomic E-state index is 14.1. The van der Waals surface area contributed by atoms with Crippen LogP contribution in [0.4, 0.5) is 8.78 Å². The molecule has 0 bridgehead atoms. The van der Waals surface area contributed by atoms with E-state index in [-0.39, 0.29) is 52.9 Å². The Labute approximate surface area is 161 Å². The number of sulfone groups is 1. The van der Waals surface area contributed by atoms with E-state index in [0.29, 0.717) is 5.02 Å². The molecule has 0 unspecified atom stereocenters. The van der Waals surface area contributed by atoms with E-state index in [1.165, 1.54) is 24.3 Å². The molecule has 0 amide bonds. The fourth-order valence-corrected chi connectivity index (χ4v) is 4.87. The van der Waals surface area contributed by atoms with Gasteiger partial charge in [0, 0.05) is 10.6 Å². The Morgan fingerprint density at radius 2 is 1.61 bits per heavy atom. The summed E-state index contributed by atoms with van der Waals surface area (Å²) in [5, 5.41) is 0.408. The zero-order valence-electron chi connectivity index (χ0n) is 11.4. The second-order valence-electron chi connectivity index (χ2n) is 5.27. The van der Waals surface area contributed by atoms with Gasteiger partial charge in [0.1, 0.15) is 16.4 Å². The monoisotopic (exact) mass is 365 g/mol. The molecule has 0 saturated heterocycles. The van der Waals surface area contributed by atoms with Crippen molar-refractivity contribution in [3.8, 4) is 0 Å². The number of hydrogen-bond donors (Lipinski definition) is 0. The second kappa shape index (κ2) is 6.81. The third kappa shape index (κ3) is 3.10. The van der Waals surface area contributed by atoms with Crippen LogP contribution < -0.4 is 0 Å². The van der Waals surface area contributed by atoms with Gasteiger partial charge in [-0.1, -0.05) is 11.6 Å². The summed E-state index contributed by atoms with van der Waals surface area (Å²) in [4.78, 5) is 0.0497. The van der Waals surface area contributed by atoms with Crippen molar-refractivity contribution in [1.29, 1.82) is 0 Å². The predicted molar refractivity (Wildman–Crippen MR) is 87.4 cm³/mol. The fourth-order valence-electron chi connectivity index (χ4n) is 2.68. The van der Waals surface area contributed by atoms with E-state index in [0.717, 1.165) is 18.2 Å². The van der Waals surface area contributed by atoms with Crippen molar-refractivity contribution in [2.75, 3.05) is 0 Å². The summed E-state index contributed by atoms with van der Waals surface area (Å²) in [7, 11) is -3.87. The molecule has 1 fully saturated rings. The van der Waals surface area contributed by atoms with Crippen LogP contribution in [-0.2, 0) is 14.6 Å². The van der Waals surface area contributed by atoms with E-state index in [1.807, 2.05) is 0 Å². The molecule has 2 nitrogen and oxygen atoms in total. The molecule has 0 aliphatic heterocycles. The molecule has 1 aliphatic carbocycles. The summed E-state index contributed by atoms with van der Waals surface area (Å²) < 4.78 is 52.1. The van der Waals surface area contributed by atoms with E-state index in [9.17, 15) is 17.2 Å². The summed E-state index contributed by atoms with van der Waals surface area (Å²) in [5.41, 5.74) is -0.120. The van der Waals surface area contributed by atoms with Crippen molar-refractivity contribution in [1.82, 2.24) is 0 Å². The summed E-state index contributed by atoms with van der Waals surface area (Å²) in [6.07, 6.45) is 2.05. The van der Waals surface area contributed by atoms with Crippen LogP contribution in [-0.4, -0.2) is 38.0 Å². The third-order valence-electron chi connectivity index (χ3n) is 4.01. The van der Waals surface area contributed by atoms with Crippen molar-refractivity contribution in [3.05, 3.63) is 71.1 Å². The van der Waals surface area contributed by atoms with E-state index in [1.54, 1.807) is 6.42 Å². The minimum atomic E-state index is -3.87. The molecule has 1 aliphatic rings. The molecule has 0 aromatic heterocycles. The van der Waals surface area contributed by atoms with Gasteiger partial charge in [-0.25, -0.2) is 17.2 Å². The molecule has 1 saturated carbocycles. The normalized spacial score (nSPS) is 16.3. The Morgan fingerprint density at radius 3 is 2.13 bits per heavy atom. The van der Waals surface area contributed by atoms with Crippen LogP contribution in [0.25, 0.3) is 0 Å². The van der Waals surface area contributed by atoms with Crippen LogP contribution >= 0.6 is 11.6 Å². The van der Waals surface area contributed by atoms with Crippen molar-refractivity contribution in [3.63, 3.8) is 0 Å². The van der Waals surface area contributed by atoms with Gasteiger partial charge in [-0.2, -0.15) is 0 Å². The quantitative estimate of drug-likeness (QED) is 0.778. The summed E-state index contributed by atoms with van der Waals surface area (Å²) in [6, 6.07) is 8.60. The molecule has 0 atom stereocenters. The first-order valence-electron chi connectivity index (χ1n) is 6.64. The molecule has 2 aromatic carbocycles. The Balaban J connectivity index is 0.00000192. The number of hydrogen-bond acceptors (Lipinski definition) is 2. The molecule has 0 N–H and O–H groups in total. The Bertz CT molecular complexity index is 818. The number of benzene rings is 2. The molecule has 23 heavy (non-hydrogen) atoms. The van der Waals surface area contributed by atoms with E-state index >= 15 is 0 Å². The molecular formula is C16H13ClF2NaO2S. The molecule has 1 radical (unpaired) electrons. The Hall–Kier alpha value is -0.460. The third-order valence-corrected chi connectivity index (χ3v) is 6.73. The molecule has 0 spiro atoms. The zero-order valence-corrected chi connectivity index (χ0v) is 13.0. The molecule has 7 heteroatoms. The van der Waals surface area contributed by atoms with Crippen molar-refractivity contribution >= 4 is 51.0 Å². The van der Waals surface area contributed by atoms with Crippen LogP contribution in [0.3, 0.4) is 0 Å². The molecule has 0 heterocycles. The van der Waals surface area contributed by atoms with Gasteiger partial charge < -0.3 is 0 Å². The van der Waals surface area contributed by atoms with Gasteiger partial charge in [0.25, 0.3) is 0 Å². The second-order valence-corrected chi connectivity index (χ2v) is 7.97. The summed E-state index contributed by atoms with van der Waals surface area (Å²) in [6.45, 7) is 0. The van der Waals surface area contributed by atoms with Crippen LogP contribution in [0.1, 0.15) is 18.4 Å². The van der Waals surface area contributed by atoms with Gasteiger partial charge in [0.15, 0.2) is 9.84 Å². The Morgan fingerprint density at radius 1 is 1.00 bits per heavy atom. The van der Waals surface area contributed by atoms with Gasteiger partial charge >= 0.3 is 29.6 Å².